The summed E-state index contributed by atoms with van der Waals surface area (Å²) < 4.78 is 0. The SMILES string of the molecule is C/C(N)=C(\C)C=NC1CCC(N)CC1. The molecule has 4 N–H and O–H groups in total. The molecule has 0 saturated heterocycles. The average molecular weight is 195 g/mol. The number of aliphatic imine (C=N–C) groups is 1. The van der Waals surface area contributed by atoms with Gasteiger partial charge in [-0.2, -0.15) is 0 Å². The summed E-state index contributed by atoms with van der Waals surface area (Å²) in [6.45, 7) is 3.89. The first-order valence-electron chi connectivity index (χ1n) is 5.31. The maximum Gasteiger partial charge on any atom is 0.0500 e. The van der Waals surface area contributed by atoms with Crippen molar-refractivity contribution in [2.24, 2.45) is 16.5 Å². The van der Waals surface area contributed by atoms with Crippen molar-refractivity contribution in [3.8, 4) is 0 Å². The molecule has 0 spiro atoms. The zero-order valence-electron chi connectivity index (χ0n) is 9.16. The molecule has 0 heterocycles. The summed E-state index contributed by atoms with van der Waals surface area (Å²) in [5, 5.41) is 0. The Bertz CT molecular complexity index is 231. The van der Waals surface area contributed by atoms with Crippen LogP contribution in [0.4, 0.5) is 0 Å². The minimum absolute atomic E-state index is 0.398. The number of hydrogen-bond acceptors (Lipinski definition) is 3. The van der Waals surface area contributed by atoms with E-state index in [9.17, 15) is 0 Å². The minimum atomic E-state index is 0.398. The van der Waals surface area contributed by atoms with Gasteiger partial charge in [-0.1, -0.05) is 0 Å². The molecule has 0 aromatic heterocycles. The van der Waals surface area contributed by atoms with Gasteiger partial charge in [0.2, 0.25) is 0 Å². The van der Waals surface area contributed by atoms with E-state index < -0.39 is 0 Å². The summed E-state index contributed by atoms with van der Waals surface area (Å²) in [6.07, 6.45) is 6.35. The predicted octanol–water partition coefficient (Wildman–Crippen LogP) is 1.58. The molecule has 1 aliphatic carbocycles. The standard InChI is InChI=1S/C11H21N3/c1-8(9(2)12)7-14-11-5-3-10(13)4-6-11/h7,10-11H,3-6,12-13H2,1-2H3/b9-8-,14-7?. The monoisotopic (exact) mass is 195 g/mol. The van der Waals surface area contributed by atoms with Gasteiger partial charge in [0.1, 0.15) is 0 Å². The van der Waals surface area contributed by atoms with E-state index in [1.165, 1.54) is 0 Å². The summed E-state index contributed by atoms with van der Waals surface area (Å²) in [5.74, 6) is 0. The van der Waals surface area contributed by atoms with Crippen LogP contribution in [0, 0.1) is 0 Å². The van der Waals surface area contributed by atoms with Gasteiger partial charge >= 0.3 is 0 Å². The van der Waals surface area contributed by atoms with Gasteiger partial charge in [-0.15, -0.1) is 0 Å². The van der Waals surface area contributed by atoms with Gasteiger partial charge < -0.3 is 11.5 Å². The van der Waals surface area contributed by atoms with Crippen LogP contribution in [0.25, 0.3) is 0 Å². The van der Waals surface area contributed by atoms with Gasteiger partial charge in [-0.25, -0.2) is 0 Å². The molecule has 0 aliphatic heterocycles. The van der Waals surface area contributed by atoms with Gasteiger partial charge in [0, 0.05) is 18.0 Å². The van der Waals surface area contributed by atoms with Crippen molar-refractivity contribution in [1.29, 1.82) is 0 Å². The van der Waals surface area contributed by atoms with Gasteiger partial charge in [-0.3, -0.25) is 4.99 Å². The summed E-state index contributed by atoms with van der Waals surface area (Å²) >= 11 is 0. The lowest BCUT2D eigenvalue weighted by Gasteiger charge is -2.22. The third kappa shape index (κ3) is 3.50. The topological polar surface area (TPSA) is 64.4 Å². The second-order valence-electron chi connectivity index (χ2n) is 4.21. The van der Waals surface area contributed by atoms with Gasteiger partial charge in [0.05, 0.1) is 6.04 Å². The first kappa shape index (κ1) is 11.2. The average Bonchev–Trinajstić information content (AvgIpc) is 2.16. The van der Waals surface area contributed by atoms with E-state index in [-0.39, 0.29) is 0 Å². The summed E-state index contributed by atoms with van der Waals surface area (Å²) in [7, 11) is 0. The molecule has 3 nitrogen and oxygen atoms in total. The zero-order valence-corrected chi connectivity index (χ0v) is 9.16. The molecule has 0 atom stereocenters. The highest BCUT2D eigenvalue weighted by molar-refractivity contribution is 5.78. The molecular weight excluding hydrogens is 174 g/mol. The van der Waals surface area contributed by atoms with E-state index in [2.05, 4.69) is 4.99 Å². The van der Waals surface area contributed by atoms with Crippen LogP contribution in [-0.4, -0.2) is 18.3 Å². The fourth-order valence-electron chi connectivity index (χ4n) is 1.57. The maximum absolute atomic E-state index is 5.82. The first-order valence-corrected chi connectivity index (χ1v) is 5.31. The van der Waals surface area contributed by atoms with Gasteiger partial charge in [0.25, 0.3) is 0 Å². The second kappa shape index (κ2) is 5.15. The number of rotatable bonds is 2. The Kier molecular flexibility index (Phi) is 4.14. The van der Waals surface area contributed by atoms with E-state index >= 15 is 0 Å². The third-order valence-corrected chi connectivity index (χ3v) is 2.84. The molecule has 1 rings (SSSR count). The van der Waals surface area contributed by atoms with Gasteiger partial charge in [-0.05, 0) is 45.1 Å². The molecule has 1 aliphatic rings. The van der Waals surface area contributed by atoms with Crippen molar-refractivity contribution in [2.75, 3.05) is 0 Å². The smallest absolute Gasteiger partial charge is 0.0500 e. The van der Waals surface area contributed by atoms with Crippen molar-refractivity contribution < 1.29 is 0 Å². The predicted molar refractivity (Wildman–Crippen MR) is 61.3 cm³/mol. The van der Waals surface area contributed by atoms with Crippen LogP contribution in [-0.2, 0) is 0 Å². The fourth-order valence-corrected chi connectivity index (χ4v) is 1.57. The van der Waals surface area contributed by atoms with E-state index in [0.717, 1.165) is 37.0 Å². The van der Waals surface area contributed by atoms with Crippen LogP contribution in [0.15, 0.2) is 16.3 Å². The molecule has 0 bridgehead atoms. The Balaban J connectivity index is 2.42. The molecule has 1 fully saturated rings. The number of nitrogens with two attached hydrogens (primary N) is 2. The third-order valence-electron chi connectivity index (χ3n) is 2.84. The molecule has 0 radical (unpaired) electrons. The van der Waals surface area contributed by atoms with E-state index in [0.29, 0.717) is 12.1 Å². The Morgan fingerprint density at radius 1 is 1.21 bits per heavy atom. The largest absolute Gasteiger partial charge is 0.402 e. The highest BCUT2D eigenvalue weighted by Crippen LogP contribution is 2.19. The molecule has 3 heteroatoms. The second-order valence-corrected chi connectivity index (χ2v) is 4.21. The van der Waals surface area contributed by atoms with E-state index in [1.54, 1.807) is 0 Å². The lowest BCUT2D eigenvalue weighted by molar-refractivity contribution is 0.397. The quantitative estimate of drug-likeness (QED) is 0.657. The molecule has 0 unspecified atom stereocenters. The Hall–Kier alpha value is -0.830. The lowest BCUT2D eigenvalue weighted by atomic mass is 9.92. The molecule has 1 saturated carbocycles. The molecule has 14 heavy (non-hydrogen) atoms. The highest BCUT2D eigenvalue weighted by atomic mass is 14.8. The van der Waals surface area contributed by atoms with Crippen LogP contribution < -0.4 is 11.5 Å². The van der Waals surface area contributed by atoms with Crippen LogP contribution in [0.1, 0.15) is 39.5 Å². The van der Waals surface area contributed by atoms with Crippen molar-refractivity contribution >= 4 is 6.21 Å². The summed E-state index contributed by atoms with van der Waals surface area (Å²) in [5.41, 5.74) is 13.4. The minimum Gasteiger partial charge on any atom is -0.402 e. The van der Waals surface area contributed by atoms with Crippen molar-refractivity contribution in [1.82, 2.24) is 0 Å². The summed E-state index contributed by atoms with van der Waals surface area (Å²) in [4.78, 5) is 4.52. The lowest BCUT2D eigenvalue weighted by Crippen LogP contribution is -2.28. The Morgan fingerprint density at radius 2 is 1.79 bits per heavy atom. The Morgan fingerprint density at radius 3 is 2.29 bits per heavy atom. The van der Waals surface area contributed by atoms with Crippen LogP contribution >= 0.6 is 0 Å². The number of hydrogen-bond donors (Lipinski definition) is 2. The number of nitrogens with zero attached hydrogens (tertiary/aromatic N) is 1. The normalized spacial score (nSPS) is 30.5. The highest BCUT2D eigenvalue weighted by Gasteiger charge is 2.16. The maximum atomic E-state index is 5.82. The first-order chi connectivity index (χ1) is 6.59. The molecule has 0 aromatic rings. The van der Waals surface area contributed by atoms with Crippen molar-refractivity contribution in [2.45, 2.75) is 51.6 Å². The van der Waals surface area contributed by atoms with Gasteiger partial charge in [0.15, 0.2) is 0 Å². The van der Waals surface area contributed by atoms with E-state index in [4.69, 9.17) is 11.5 Å². The van der Waals surface area contributed by atoms with Crippen LogP contribution in [0.2, 0.25) is 0 Å². The van der Waals surface area contributed by atoms with Crippen molar-refractivity contribution in [3.63, 3.8) is 0 Å². The van der Waals surface area contributed by atoms with Crippen LogP contribution in [0.5, 0.6) is 0 Å². The molecule has 0 aromatic carbocycles. The Labute approximate surface area is 86.3 Å². The fraction of sp³-hybridized carbons (Fsp3) is 0.727. The molecular formula is C11H21N3. The summed E-state index contributed by atoms with van der Waals surface area (Å²) in [6, 6.07) is 0.860. The van der Waals surface area contributed by atoms with Crippen molar-refractivity contribution in [3.05, 3.63) is 11.3 Å². The zero-order chi connectivity index (χ0) is 10.6. The number of allylic oxidation sites excluding steroid dienone is 2. The molecule has 0 amide bonds. The van der Waals surface area contributed by atoms with Crippen LogP contribution in [0.3, 0.4) is 0 Å². The van der Waals surface area contributed by atoms with E-state index in [1.807, 2.05) is 20.1 Å². The molecule has 80 valence electrons.